The molecule has 0 spiro atoms. The van der Waals surface area contributed by atoms with Crippen molar-refractivity contribution in [1.82, 2.24) is 9.88 Å². The molecule has 0 saturated heterocycles. The first-order valence-electron chi connectivity index (χ1n) is 5.87. The van der Waals surface area contributed by atoms with Gasteiger partial charge in [-0.15, -0.1) is 0 Å². The minimum absolute atomic E-state index is 0.240. The molecule has 2 aliphatic rings. The molecule has 2 heterocycles. The first-order valence-corrected chi connectivity index (χ1v) is 5.87. The van der Waals surface area contributed by atoms with Gasteiger partial charge in [-0.25, -0.2) is 9.78 Å². The topological polar surface area (TPSA) is 80.8 Å². The number of carbonyl (C=O) groups excluding carboxylic acids is 1. The Labute approximate surface area is 104 Å². The van der Waals surface area contributed by atoms with Gasteiger partial charge >= 0.3 is 6.03 Å². The number of pyridine rings is 1. The third-order valence-corrected chi connectivity index (χ3v) is 3.23. The van der Waals surface area contributed by atoms with Crippen LogP contribution >= 0.6 is 0 Å². The number of aliphatic imine (C=N–C) groups is 1. The van der Waals surface area contributed by atoms with Crippen molar-refractivity contribution in [3.05, 3.63) is 23.9 Å². The van der Waals surface area contributed by atoms with Crippen molar-refractivity contribution in [2.45, 2.75) is 24.9 Å². The van der Waals surface area contributed by atoms with E-state index in [2.05, 4.69) is 9.98 Å². The van der Waals surface area contributed by atoms with Crippen LogP contribution in [0, 0.1) is 0 Å². The van der Waals surface area contributed by atoms with E-state index in [0.717, 1.165) is 18.4 Å². The summed E-state index contributed by atoms with van der Waals surface area (Å²) < 4.78 is 5.01. The lowest BCUT2D eigenvalue weighted by atomic mass is 10.1. The summed E-state index contributed by atoms with van der Waals surface area (Å²) in [6, 6.07) is 3.39. The molecule has 6 nitrogen and oxygen atoms in total. The second-order valence-electron chi connectivity index (χ2n) is 4.49. The van der Waals surface area contributed by atoms with Crippen LogP contribution in [-0.4, -0.2) is 34.9 Å². The largest absolute Gasteiger partial charge is 0.481 e. The number of amidine groups is 1. The number of urea groups is 1. The third-order valence-electron chi connectivity index (χ3n) is 3.23. The second kappa shape index (κ2) is 3.97. The highest BCUT2D eigenvalue weighted by molar-refractivity contribution is 6.03. The smallest absolute Gasteiger partial charge is 0.346 e. The van der Waals surface area contributed by atoms with Gasteiger partial charge in [0.2, 0.25) is 5.88 Å². The average molecular weight is 246 g/mol. The quantitative estimate of drug-likeness (QED) is 0.865. The fourth-order valence-electron chi connectivity index (χ4n) is 2.21. The number of nitrogens with two attached hydrogens (primary N) is 1. The summed E-state index contributed by atoms with van der Waals surface area (Å²) in [6.45, 7) is 0. The van der Waals surface area contributed by atoms with E-state index in [9.17, 15) is 4.79 Å². The monoisotopic (exact) mass is 246 g/mol. The zero-order valence-electron chi connectivity index (χ0n) is 10.0. The zero-order chi connectivity index (χ0) is 12.7. The molecule has 1 atom stereocenters. The second-order valence-corrected chi connectivity index (χ2v) is 4.49. The van der Waals surface area contributed by atoms with Gasteiger partial charge in [0.1, 0.15) is 11.9 Å². The predicted molar refractivity (Wildman–Crippen MR) is 65.4 cm³/mol. The number of amides is 2. The Bertz CT molecular complexity index is 507. The van der Waals surface area contributed by atoms with Gasteiger partial charge in [0.15, 0.2) is 0 Å². The van der Waals surface area contributed by atoms with Gasteiger partial charge in [0.25, 0.3) is 0 Å². The lowest BCUT2D eigenvalue weighted by molar-refractivity contribution is 0.203. The molecular weight excluding hydrogens is 232 g/mol. The van der Waals surface area contributed by atoms with E-state index in [-0.39, 0.29) is 18.1 Å². The maximum Gasteiger partial charge on any atom is 0.346 e. The summed E-state index contributed by atoms with van der Waals surface area (Å²) in [6.07, 6.45) is 3.73. The molecule has 2 amide bonds. The van der Waals surface area contributed by atoms with Crippen molar-refractivity contribution in [1.29, 1.82) is 0 Å². The maximum absolute atomic E-state index is 11.8. The van der Waals surface area contributed by atoms with E-state index in [1.807, 2.05) is 6.07 Å². The Balaban J connectivity index is 1.92. The highest BCUT2D eigenvalue weighted by Gasteiger charge is 2.43. The fraction of sp³-hybridized carbons (Fsp3) is 0.417. The summed E-state index contributed by atoms with van der Waals surface area (Å²) in [7, 11) is 1.56. The molecule has 0 radical (unpaired) electrons. The van der Waals surface area contributed by atoms with Gasteiger partial charge < -0.3 is 15.4 Å². The number of methoxy groups -OCH3 is 1. The zero-order valence-corrected chi connectivity index (χ0v) is 10.0. The molecule has 2 N–H and O–H groups in total. The van der Waals surface area contributed by atoms with E-state index in [1.165, 1.54) is 0 Å². The van der Waals surface area contributed by atoms with Crippen molar-refractivity contribution >= 4 is 11.9 Å². The van der Waals surface area contributed by atoms with Crippen LogP contribution in [0.1, 0.15) is 24.4 Å². The Kier molecular flexibility index (Phi) is 2.43. The molecule has 0 aromatic carbocycles. The standard InChI is InChI=1S/C12H14N4O2/c1-18-9-5-2-7(6-14-9)10-11(13)15-12(17)16(10)8-3-4-8/h2,5-6,8,10H,3-4H2,1H3,(H2,13,15,17). The molecule has 1 aromatic heterocycles. The minimum atomic E-state index is -0.275. The molecular formula is C12H14N4O2. The third kappa shape index (κ3) is 1.70. The number of hydrogen-bond donors (Lipinski definition) is 1. The highest BCUT2D eigenvalue weighted by Crippen LogP contribution is 2.37. The van der Waals surface area contributed by atoms with E-state index < -0.39 is 0 Å². The summed E-state index contributed by atoms with van der Waals surface area (Å²) >= 11 is 0. The summed E-state index contributed by atoms with van der Waals surface area (Å²) in [5.41, 5.74) is 6.73. The molecule has 0 bridgehead atoms. The Morgan fingerprint density at radius 1 is 1.44 bits per heavy atom. The van der Waals surface area contributed by atoms with Crippen molar-refractivity contribution in [2.24, 2.45) is 10.7 Å². The molecule has 94 valence electrons. The molecule has 6 heteroatoms. The summed E-state index contributed by atoms with van der Waals surface area (Å²) in [5, 5.41) is 0. The molecule has 1 fully saturated rings. The van der Waals surface area contributed by atoms with Gasteiger partial charge in [-0.3, -0.25) is 0 Å². The van der Waals surface area contributed by atoms with Gasteiger partial charge in [0, 0.05) is 23.9 Å². The Hall–Kier alpha value is -2.11. The van der Waals surface area contributed by atoms with Crippen LogP contribution in [0.2, 0.25) is 0 Å². The Morgan fingerprint density at radius 3 is 2.78 bits per heavy atom. The minimum Gasteiger partial charge on any atom is -0.481 e. The molecule has 1 aliphatic heterocycles. The highest BCUT2D eigenvalue weighted by atomic mass is 16.5. The van der Waals surface area contributed by atoms with Crippen LogP contribution in [0.5, 0.6) is 5.88 Å². The van der Waals surface area contributed by atoms with E-state index in [1.54, 1.807) is 24.3 Å². The van der Waals surface area contributed by atoms with Gasteiger partial charge in [-0.05, 0) is 18.9 Å². The number of aromatic nitrogens is 1. The van der Waals surface area contributed by atoms with Crippen molar-refractivity contribution in [3.63, 3.8) is 0 Å². The summed E-state index contributed by atoms with van der Waals surface area (Å²) in [5.74, 6) is 0.885. The molecule has 1 aromatic rings. The van der Waals surface area contributed by atoms with E-state index >= 15 is 0 Å². The van der Waals surface area contributed by atoms with Crippen LogP contribution in [-0.2, 0) is 0 Å². The van der Waals surface area contributed by atoms with Crippen LogP contribution in [0.25, 0.3) is 0 Å². The molecule has 1 saturated carbocycles. The maximum atomic E-state index is 11.8. The number of carbonyl (C=O) groups is 1. The van der Waals surface area contributed by atoms with Crippen LogP contribution in [0.3, 0.4) is 0 Å². The predicted octanol–water partition coefficient (Wildman–Crippen LogP) is 1.09. The number of rotatable bonds is 3. The van der Waals surface area contributed by atoms with E-state index in [4.69, 9.17) is 10.5 Å². The number of nitrogens with zero attached hydrogens (tertiary/aromatic N) is 3. The SMILES string of the molecule is COc1ccc(C2C(N)=NC(=O)N2C2CC2)cn1. The normalized spacial score (nSPS) is 23.2. The molecule has 18 heavy (non-hydrogen) atoms. The lowest BCUT2D eigenvalue weighted by Gasteiger charge is -2.23. The summed E-state index contributed by atoms with van der Waals surface area (Å²) in [4.78, 5) is 21.5. The first-order chi connectivity index (χ1) is 8.70. The van der Waals surface area contributed by atoms with Gasteiger partial charge in [-0.1, -0.05) is 0 Å². The first kappa shape index (κ1) is 11.0. The van der Waals surface area contributed by atoms with Gasteiger partial charge in [0.05, 0.1) is 7.11 Å². The van der Waals surface area contributed by atoms with E-state index in [0.29, 0.717) is 11.7 Å². The Morgan fingerprint density at radius 2 is 2.22 bits per heavy atom. The number of hydrogen-bond acceptors (Lipinski definition) is 4. The lowest BCUT2D eigenvalue weighted by Crippen LogP contribution is -2.35. The van der Waals surface area contributed by atoms with Crippen molar-refractivity contribution < 1.29 is 9.53 Å². The van der Waals surface area contributed by atoms with Gasteiger partial charge in [-0.2, -0.15) is 4.99 Å². The molecule has 3 rings (SSSR count). The molecule has 1 aliphatic carbocycles. The fourth-order valence-corrected chi connectivity index (χ4v) is 2.21. The molecule has 1 unspecified atom stereocenters. The van der Waals surface area contributed by atoms with Crippen molar-refractivity contribution in [2.75, 3.05) is 7.11 Å². The number of ether oxygens (including phenoxy) is 1. The van der Waals surface area contributed by atoms with Crippen LogP contribution in [0.15, 0.2) is 23.3 Å². The van der Waals surface area contributed by atoms with Crippen molar-refractivity contribution in [3.8, 4) is 5.88 Å². The van der Waals surface area contributed by atoms with Crippen LogP contribution < -0.4 is 10.5 Å². The van der Waals surface area contributed by atoms with Crippen LogP contribution in [0.4, 0.5) is 4.79 Å². The average Bonchev–Trinajstić information content (AvgIpc) is 3.15.